The van der Waals surface area contributed by atoms with Gasteiger partial charge >= 0.3 is 12.3 Å². The summed E-state index contributed by atoms with van der Waals surface area (Å²) in [5, 5.41) is 1.95. The van der Waals surface area contributed by atoms with Gasteiger partial charge in [0.1, 0.15) is 6.04 Å². The fraction of sp³-hybridized carbons (Fsp3) is 0.769. The van der Waals surface area contributed by atoms with Gasteiger partial charge in [-0.3, -0.25) is 9.59 Å². The molecular formula is C13H26ClF3N4O4. The number of carbonyl (C=O) groups excluding carboxylic acids is 3. The second-order valence-electron chi connectivity index (χ2n) is 5.63. The second-order valence-corrected chi connectivity index (χ2v) is 5.63. The Morgan fingerprint density at radius 2 is 1.44 bits per heavy atom. The van der Waals surface area contributed by atoms with Gasteiger partial charge in [-0.05, 0) is 11.8 Å². The first-order chi connectivity index (χ1) is 10.7. The van der Waals surface area contributed by atoms with Crippen LogP contribution in [0.25, 0.3) is 0 Å². The Balaban J connectivity index is -0.000000457. The van der Waals surface area contributed by atoms with Gasteiger partial charge in [-0.1, -0.05) is 27.7 Å². The minimum Gasteiger partial charge on any atom is -0.440 e. The van der Waals surface area contributed by atoms with Crippen LogP contribution in [-0.4, -0.2) is 42.8 Å². The predicted molar refractivity (Wildman–Crippen MR) is 87.6 cm³/mol. The number of hydrogen-bond acceptors (Lipinski definition) is 5. The van der Waals surface area contributed by atoms with Crippen molar-refractivity contribution < 1.29 is 32.3 Å². The molecule has 0 bridgehead atoms. The number of alkyl carbamates (subject to hydrolysis) is 1. The summed E-state index contributed by atoms with van der Waals surface area (Å²) >= 11 is 0. The van der Waals surface area contributed by atoms with Gasteiger partial charge in [-0.15, -0.1) is 12.4 Å². The number of ether oxygens (including phenoxy) is 1. The zero-order valence-corrected chi connectivity index (χ0v) is 15.2. The average Bonchev–Trinajstić information content (AvgIpc) is 2.40. The number of nitrogens with two attached hydrogens (primary N) is 3. The van der Waals surface area contributed by atoms with Crippen molar-refractivity contribution in [1.29, 1.82) is 0 Å². The summed E-state index contributed by atoms with van der Waals surface area (Å²) in [6, 6.07) is -1.55. The standard InChI is InChI=1S/C8H13F3N2O3.C5H12N2O.ClH/c1-4(2)5(6(12)14)13-7(15)16-3-8(9,10)11;1-3(2)4(6)5(7)8;/h4-5H,3H2,1-2H3,(H2,12,14)(H,13,15);3-4H,6H2,1-2H3,(H2,7,8);1H/t5-;4-;/m00./s1. The lowest BCUT2D eigenvalue weighted by molar-refractivity contribution is -0.160. The molecule has 0 fully saturated rings. The number of halogens is 4. The van der Waals surface area contributed by atoms with E-state index in [4.69, 9.17) is 17.2 Å². The van der Waals surface area contributed by atoms with Gasteiger partial charge in [-0.2, -0.15) is 13.2 Å². The van der Waals surface area contributed by atoms with Crippen molar-refractivity contribution in [3.8, 4) is 0 Å². The quantitative estimate of drug-likeness (QED) is 0.521. The Bertz CT molecular complexity index is 434. The molecule has 0 saturated heterocycles. The zero-order valence-electron chi connectivity index (χ0n) is 14.4. The van der Waals surface area contributed by atoms with Gasteiger partial charge in [0.15, 0.2) is 6.61 Å². The summed E-state index contributed by atoms with van der Waals surface area (Å²) in [5.74, 6) is -1.46. The number of primary amides is 2. The molecule has 0 rings (SSSR count). The molecule has 150 valence electrons. The molecule has 0 aromatic carbocycles. The van der Waals surface area contributed by atoms with E-state index in [-0.39, 0.29) is 24.2 Å². The highest BCUT2D eigenvalue weighted by atomic mass is 35.5. The lowest BCUT2D eigenvalue weighted by atomic mass is 10.0. The normalized spacial score (nSPS) is 13.0. The fourth-order valence-corrected chi connectivity index (χ4v) is 1.21. The first kappa shape index (κ1) is 28.1. The van der Waals surface area contributed by atoms with Crippen LogP contribution in [0.1, 0.15) is 27.7 Å². The highest BCUT2D eigenvalue weighted by Gasteiger charge is 2.30. The van der Waals surface area contributed by atoms with Crippen molar-refractivity contribution >= 4 is 30.3 Å². The van der Waals surface area contributed by atoms with E-state index in [1.165, 1.54) is 0 Å². The van der Waals surface area contributed by atoms with E-state index in [2.05, 4.69) is 4.74 Å². The summed E-state index contributed by atoms with van der Waals surface area (Å²) in [4.78, 5) is 31.9. The molecule has 0 aliphatic heterocycles. The van der Waals surface area contributed by atoms with Crippen molar-refractivity contribution in [3.63, 3.8) is 0 Å². The lowest BCUT2D eigenvalue weighted by Gasteiger charge is -2.18. The molecule has 0 aliphatic rings. The van der Waals surface area contributed by atoms with Gasteiger partial charge < -0.3 is 27.3 Å². The molecule has 0 unspecified atom stereocenters. The maximum Gasteiger partial charge on any atom is 0.422 e. The van der Waals surface area contributed by atoms with E-state index >= 15 is 0 Å². The molecule has 8 nitrogen and oxygen atoms in total. The van der Waals surface area contributed by atoms with E-state index in [9.17, 15) is 27.6 Å². The molecule has 0 spiro atoms. The van der Waals surface area contributed by atoms with E-state index in [1.54, 1.807) is 13.8 Å². The van der Waals surface area contributed by atoms with Gasteiger partial charge in [0.2, 0.25) is 11.8 Å². The molecule has 0 aliphatic carbocycles. The van der Waals surface area contributed by atoms with E-state index in [0.29, 0.717) is 0 Å². The summed E-state index contributed by atoms with van der Waals surface area (Å²) < 4.78 is 38.9. The van der Waals surface area contributed by atoms with Crippen LogP contribution >= 0.6 is 12.4 Å². The van der Waals surface area contributed by atoms with Crippen LogP contribution < -0.4 is 22.5 Å². The Morgan fingerprint density at radius 3 is 1.64 bits per heavy atom. The first-order valence-electron chi connectivity index (χ1n) is 7.03. The van der Waals surface area contributed by atoms with Crippen molar-refractivity contribution in [2.45, 2.75) is 46.0 Å². The number of hydrogen-bond donors (Lipinski definition) is 4. The van der Waals surface area contributed by atoms with E-state index in [1.807, 2.05) is 19.2 Å². The van der Waals surface area contributed by atoms with Crippen LogP contribution in [0, 0.1) is 11.8 Å². The SMILES string of the molecule is CC(C)[C@H](N)C(N)=O.CC(C)[C@H](NC(=O)OCC(F)(F)F)C(N)=O.Cl. The Morgan fingerprint density at radius 1 is 1.00 bits per heavy atom. The average molecular weight is 395 g/mol. The van der Waals surface area contributed by atoms with Gasteiger partial charge in [0.05, 0.1) is 6.04 Å². The Kier molecular flexibility index (Phi) is 14.1. The molecule has 25 heavy (non-hydrogen) atoms. The molecule has 7 N–H and O–H groups in total. The van der Waals surface area contributed by atoms with Crippen LogP contribution in [-0.2, 0) is 14.3 Å². The van der Waals surface area contributed by atoms with Crippen LogP contribution in [0.3, 0.4) is 0 Å². The highest BCUT2D eigenvalue weighted by molar-refractivity contribution is 5.85. The van der Waals surface area contributed by atoms with Crippen LogP contribution in [0.5, 0.6) is 0 Å². The first-order valence-corrected chi connectivity index (χ1v) is 7.03. The summed E-state index contributed by atoms with van der Waals surface area (Å²) in [5.41, 5.74) is 15.1. The third kappa shape index (κ3) is 15.5. The maximum atomic E-state index is 11.7. The number of nitrogens with one attached hydrogen (secondary N) is 1. The predicted octanol–water partition coefficient (Wildman–Crippen LogP) is 0.662. The molecule has 0 saturated carbocycles. The van der Waals surface area contributed by atoms with E-state index in [0.717, 1.165) is 0 Å². The van der Waals surface area contributed by atoms with E-state index < -0.39 is 42.8 Å². The smallest absolute Gasteiger partial charge is 0.422 e. The molecule has 0 aromatic heterocycles. The molecular weight excluding hydrogens is 369 g/mol. The minimum absolute atomic E-state index is 0. The maximum absolute atomic E-state index is 11.7. The highest BCUT2D eigenvalue weighted by Crippen LogP contribution is 2.14. The van der Waals surface area contributed by atoms with Crippen molar-refractivity contribution in [1.82, 2.24) is 5.32 Å². The number of rotatable bonds is 6. The molecule has 12 heteroatoms. The molecule has 3 amide bonds. The zero-order chi connectivity index (χ0) is 19.7. The third-order valence-electron chi connectivity index (χ3n) is 2.66. The second kappa shape index (κ2) is 12.6. The number of alkyl halides is 3. The topological polar surface area (TPSA) is 151 Å². The summed E-state index contributed by atoms with van der Waals surface area (Å²) in [6.45, 7) is 5.17. The van der Waals surface area contributed by atoms with Gasteiger partial charge in [0.25, 0.3) is 0 Å². The van der Waals surface area contributed by atoms with Crippen molar-refractivity contribution in [2.75, 3.05) is 6.61 Å². The minimum atomic E-state index is -4.60. The third-order valence-corrected chi connectivity index (χ3v) is 2.66. The molecule has 0 aromatic rings. The van der Waals surface area contributed by atoms with Gasteiger partial charge in [0, 0.05) is 0 Å². The van der Waals surface area contributed by atoms with Crippen LogP contribution in [0.4, 0.5) is 18.0 Å². The monoisotopic (exact) mass is 394 g/mol. The molecule has 2 atom stereocenters. The largest absolute Gasteiger partial charge is 0.440 e. The van der Waals surface area contributed by atoms with Crippen LogP contribution in [0.15, 0.2) is 0 Å². The van der Waals surface area contributed by atoms with Crippen LogP contribution in [0.2, 0.25) is 0 Å². The molecule has 0 heterocycles. The summed E-state index contributed by atoms with van der Waals surface area (Å²) in [6.07, 6.45) is -5.92. The molecule has 0 radical (unpaired) electrons. The van der Waals surface area contributed by atoms with Crippen molar-refractivity contribution in [3.05, 3.63) is 0 Å². The number of amides is 3. The van der Waals surface area contributed by atoms with Gasteiger partial charge in [-0.25, -0.2) is 4.79 Å². The fourth-order valence-electron chi connectivity index (χ4n) is 1.21. The van der Waals surface area contributed by atoms with Crippen molar-refractivity contribution in [2.24, 2.45) is 29.0 Å². The Labute approximate surface area is 150 Å². The Hall–Kier alpha value is -1.75. The number of carbonyl (C=O) groups is 3. The summed E-state index contributed by atoms with van der Waals surface area (Å²) in [7, 11) is 0. The lowest BCUT2D eigenvalue weighted by Crippen LogP contribution is -2.48.